The van der Waals surface area contributed by atoms with Gasteiger partial charge in [0.25, 0.3) is 0 Å². The zero-order valence-electron chi connectivity index (χ0n) is 7.61. The Morgan fingerprint density at radius 3 is 1.82 bits per heavy atom. The van der Waals surface area contributed by atoms with Crippen molar-refractivity contribution in [2.24, 2.45) is 0 Å². The van der Waals surface area contributed by atoms with Crippen LogP contribution < -0.4 is 0 Å². The maximum atomic E-state index is 11.9. The zero-order chi connectivity index (χ0) is 8.85. The molecule has 0 aliphatic rings. The van der Waals surface area contributed by atoms with Crippen LogP contribution in [0.1, 0.15) is 27.7 Å². The highest BCUT2D eigenvalue weighted by Gasteiger charge is 1.89. The summed E-state index contributed by atoms with van der Waals surface area (Å²) in [5, 5.41) is 0. The van der Waals surface area contributed by atoms with Crippen molar-refractivity contribution >= 4 is 0 Å². The Balaban J connectivity index is 4.36. The standard InChI is InChI=1S/C10H15F/c1-8(2)5-6-9(3)10(4)7-11/h5-7H,1-4H3/b9-6+,10-7-. The van der Waals surface area contributed by atoms with Gasteiger partial charge in [-0.15, -0.1) is 0 Å². The molecule has 0 bridgehead atoms. The van der Waals surface area contributed by atoms with Gasteiger partial charge in [-0.2, -0.15) is 0 Å². The van der Waals surface area contributed by atoms with Gasteiger partial charge in [-0.3, -0.25) is 0 Å². The molecule has 0 aromatic rings. The Labute approximate surface area is 68.1 Å². The van der Waals surface area contributed by atoms with Gasteiger partial charge < -0.3 is 0 Å². The first kappa shape index (κ1) is 10.2. The van der Waals surface area contributed by atoms with Crippen LogP contribution in [-0.2, 0) is 0 Å². The van der Waals surface area contributed by atoms with Crippen molar-refractivity contribution in [3.05, 3.63) is 35.2 Å². The Morgan fingerprint density at radius 1 is 0.909 bits per heavy atom. The smallest absolute Gasteiger partial charge is 0.0898 e. The average molecular weight is 154 g/mol. The van der Waals surface area contributed by atoms with E-state index in [-0.39, 0.29) is 0 Å². The normalized spacial score (nSPS) is 13.2. The molecular formula is C10H15F. The van der Waals surface area contributed by atoms with Crippen LogP contribution in [0.25, 0.3) is 0 Å². The third kappa shape index (κ3) is 4.54. The molecule has 0 spiro atoms. The highest BCUT2D eigenvalue weighted by Crippen LogP contribution is 2.08. The minimum absolute atomic E-state index is 0.630. The largest absolute Gasteiger partial charge is 0.215 e. The van der Waals surface area contributed by atoms with Crippen LogP contribution in [0.4, 0.5) is 4.39 Å². The summed E-state index contributed by atoms with van der Waals surface area (Å²) in [6, 6.07) is 0. The van der Waals surface area contributed by atoms with Crippen LogP contribution >= 0.6 is 0 Å². The molecule has 0 aromatic heterocycles. The minimum Gasteiger partial charge on any atom is -0.215 e. The Morgan fingerprint density at radius 2 is 1.45 bits per heavy atom. The Hall–Kier alpha value is -0.850. The fourth-order valence-corrected chi connectivity index (χ4v) is 0.509. The maximum Gasteiger partial charge on any atom is 0.0898 e. The summed E-state index contributed by atoms with van der Waals surface area (Å²) in [5.41, 5.74) is 2.87. The van der Waals surface area contributed by atoms with Gasteiger partial charge in [0.15, 0.2) is 0 Å². The minimum atomic E-state index is 0.630. The van der Waals surface area contributed by atoms with E-state index in [1.807, 2.05) is 32.9 Å². The van der Waals surface area contributed by atoms with Crippen LogP contribution in [0.5, 0.6) is 0 Å². The Kier molecular flexibility index (Phi) is 4.51. The van der Waals surface area contributed by atoms with E-state index in [0.717, 1.165) is 5.57 Å². The molecule has 0 fully saturated rings. The van der Waals surface area contributed by atoms with E-state index in [1.165, 1.54) is 5.57 Å². The fourth-order valence-electron chi connectivity index (χ4n) is 0.509. The molecule has 0 unspecified atom stereocenters. The van der Waals surface area contributed by atoms with Gasteiger partial charge in [-0.25, -0.2) is 4.39 Å². The monoisotopic (exact) mass is 154 g/mol. The Bertz CT molecular complexity index is 203. The van der Waals surface area contributed by atoms with Crippen molar-refractivity contribution in [3.63, 3.8) is 0 Å². The molecule has 1 heteroatoms. The molecule has 0 rings (SSSR count). The quantitative estimate of drug-likeness (QED) is 0.531. The van der Waals surface area contributed by atoms with Gasteiger partial charge >= 0.3 is 0 Å². The molecule has 0 radical (unpaired) electrons. The molecular weight excluding hydrogens is 139 g/mol. The van der Waals surface area contributed by atoms with Gasteiger partial charge in [0, 0.05) is 0 Å². The van der Waals surface area contributed by atoms with E-state index in [9.17, 15) is 4.39 Å². The van der Waals surface area contributed by atoms with E-state index in [0.29, 0.717) is 11.9 Å². The summed E-state index contributed by atoms with van der Waals surface area (Å²) in [6.07, 6.45) is 4.52. The molecule has 62 valence electrons. The first-order valence-corrected chi connectivity index (χ1v) is 3.67. The van der Waals surface area contributed by atoms with Crippen LogP contribution in [0.2, 0.25) is 0 Å². The highest BCUT2D eigenvalue weighted by atomic mass is 19.1. The van der Waals surface area contributed by atoms with Crippen LogP contribution in [0.15, 0.2) is 35.2 Å². The predicted molar refractivity (Wildman–Crippen MR) is 48.1 cm³/mol. The summed E-state index contributed by atoms with van der Waals surface area (Å²) in [6.45, 7) is 7.67. The van der Waals surface area contributed by atoms with E-state index in [1.54, 1.807) is 6.92 Å². The molecule has 0 saturated heterocycles. The lowest BCUT2D eigenvalue weighted by molar-refractivity contribution is 0.711. The summed E-state index contributed by atoms with van der Waals surface area (Å²) in [5.74, 6) is 0. The summed E-state index contributed by atoms with van der Waals surface area (Å²) < 4.78 is 11.9. The molecule has 0 N–H and O–H groups in total. The molecule has 0 amide bonds. The van der Waals surface area contributed by atoms with Crippen LogP contribution in [-0.4, -0.2) is 0 Å². The SMILES string of the molecule is CC(C)=C/C=C(C)/C(C)=C\F. The average Bonchev–Trinajstić information content (AvgIpc) is 1.98. The second-order valence-corrected chi connectivity index (χ2v) is 2.89. The van der Waals surface area contributed by atoms with Crippen molar-refractivity contribution in [2.45, 2.75) is 27.7 Å². The third-order valence-electron chi connectivity index (χ3n) is 1.45. The third-order valence-corrected chi connectivity index (χ3v) is 1.45. The number of rotatable bonds is 2. The van der Waals surface area contributed by atoms with Crippen molar-refractivity contribution in [2.75, 3.05) is 0 Å². The molecule has 0 aromatic carbocycles. The molecule has 0 nitrogen and oxygen atoms in total. The summed E-state index contributed by atoms with van der Waals surface area (Å²) >= 11 is 0. The van der Waals surface area contributed by atoms with Crippen LogP contribution in [0.3, 0.4) is 0 Å². The van der Waals surface area contributed by atoms with E-state index in [4.69, 9.17) is 0 Å². The maximum absolute atomic E-state index is 11.9. The summed E-state index contributed by atoms with van der Waals surface area (Å²) in [4.78, 5) is 0. The molecule has 11 heavy (non-hydrogen) atoms. The van der Waals surface area contributed by atoms with Crippen molar-refractivity contribution in [3.8, 4) is 0 Å². The van der Waals surface area contributed by atoms with Crippen molar-refractivity contribution in [1.29, 1.82) is 0 Å². The fraction of sp³-hybridized carbons (Fsp3) is 0.400. The number of allylic oxidation sites excluding steroid dienone is 5. The lowest BCUT2D eigenvalue weighted by atomic mass is 10.1. The van der Waals surface area contributed by atoms with E-state index < -0.39 is 0 Å². The number of hydrogen-bond donors (Lipinski definition) is 0. The lowest BCUT2D eigenvalue weighted by Crippen LogP contribution is -1.76. The highest BCUT2D eigenvalue weighted by molar-refractivity contribution is 5.29. The van der Waals surface area contributed by atoms with Gasteiger partial charge in [0.05, 0.1) is 6.33 Å². The van der Waals surface area contributed by atoms with Gasteiger partial charge in [0.2, 0.25) is 0 Å². The van der Waals surface area contributed by atoms with E-state index in [2.05, 4.69) is 0 Å². The lowest BCUT2D eigenvalue weighted by Gasteiger charge is -1.95. The predicted octanol–water partition coefficient (Wildman–Crippen LogP) is 3.77. The molecule has 0 atom stereocenters. The van der Waals surface area contributed by atoms with Crippen molar-refractivity contribution in [1.82, 2.24) is 0 Å². The topological polar surface area (TPSA) is 0 Å². The van der Waals surface area contributed by atoms with Crippen LogP contribution in [0, 0.1) is 0 Å². The summed E-state index contributed by atoms with van der Waals surface area (Å²) in [7, 11) is 0. The number of halogens is 1. The van der Waals surface area contributed by atoms with Gasteiger partial charge in [-0.05, 0) is 38.8 Å². The zero-order valence-corrected chi connectivity index (χ0v) is 7.61. The molecule has 0 aliphatic heterocycles. The first-order valence-electron chi connectivity index (χ1n) is 3.67. The van der Waals surface area contributed by atoms with Gasteiger partial charge in [0.1, 0.15) is 0 Å². The first-order chi connectivity index (χ1) is 5.07. The second kappa shape index (κ2) is 4.89. The second-order valence-electron chi connectivity index (χ2n) is 2.89. The van der Waals surface area contributed by atoms with E-state index >= 15 is 0 Å². The molecule has 0 aliphatic carbocycles. The van der Waals surface area contributed by atoms with Gasteiger partial charge in [-0.1, -0.05) is 17.7 Å². The molecule has 0 saturated carbocycles. The number of hydrogen-bond acceptors (Lipinski definition) is 0. The molecule has 0 heterocycles. The van der Waals surface area contributed by atoms with Crippen molar-refractivity contribution < 1.29 is 4.39 Å².